The van der Waals surface area contributed by atoms with Crippen LogP contribution in [0.2, 0.25) is 0 Å². The summed E-state index contributed by atoms with van der Waals surface area (Å²) in [7, 11) is 3.46. The van der Waals surface area contributed by atoms with Crippen molar-refractivity contribution < 1.29 is 9.53 Å². The second-order valence-corrected chi connectivity index (χ2v) is 8.50. The van der Waals surface area contributed by atoms with Gasteiger partial charge in [0.25, 0.3) is 0 Å². The largest absolute Gasteiger partial charge is 0.497 e. The van der Waals surface area contributed by atoms with E-state index >= 15 is 0 Å². The highest BCUT2D eigenvalue weighted by Crippen LogP contribution is 2.29. The van der Waals surface area contributed by atoms with Crippen LogP contribution in [0.1, 0.15) is 5.56 Å². The number of amides is 1. The zero-order chi connectivity index (χ0) is 22.1. The number of rotatable bonds is 6. The van der Waals surface area contributed by atoms with Crippen molar-refractivity contribution in [3.63, 3.8) is 0 Å². The van der Waals surface area contributed by atoms with Gasteiger partial charge < -0.3 is 9.64 Å². The molecule has 6 nitrogen and oxygen atoms in total. The summed E-state index contributed by atoms with van der Waals surface area (Å²) in [5.74, 6) is 1.10. The Morgan fingerprint density at radius 1 is 1.00 bits per heavy atom. The van der Waals surface area contributed by atoms with E-state index in [9.17, 15) is 4.79 Å². The molecule has 0 fully saturated rings. The number of carbonyl (C=O) groups is 1. The van der Waals surface area contributed by atoms with Crippen molar-refractivity contribution in [3.05, 3.63) is 78.4 Å². The van der Waals surface area contributed by atoms with E-state index in [0.29, 0.717) is 6.54 Å². The molecule has 0 aliphatic rings. The van der Waals surface area contributed by atoms with Crippen molar-refractivity contribution >= 4 is 45.3 Å². The predicted octanol–water partition coefficient (Wildman–Crippen LogP) is 4.80. The van der Waals surface area contributed by atoms with Gasteiger partial charge in [0.15, 0.2) is 5.16 Å². The first-order valence-corrected chi connectivity index (χ1v) is 11.3. The van der Waals surface area contributed by atoms with E-state index in [0.717, 1.165) is 44.1 Å². The summed E-state index contributed by atoms with van der Waals surface area (Å²) in [5.41, 5.74) is 4.65. The smallest absolute Gasteiger partial charge is 0.233 e. The molecule has 0 saturated heterocycles. The van der Waals surface area contributed by atoms with Crippen molar-refractivity contribution in [2.24, 2.45) is 0 Å². The zero-order valence-electron chi connectivity index (χ0n) is 17.9. The number of imidazole rings is 1. The lowest BCUT2D eigenvalue weighted by atomic mass is 10.2. The number of para-hydroxylation sites is 3. The number of hydrogen-bond donors (Lipinski definition) is 0. The number of methoxy groups -OCH3 is 1. The monoisotopic (exact) mass is 442 g/mol. The third-order valence-corrected chi connectivity index (χ3v) is 6.34. The lowest BCUT2D eigenvalue weighted by molar-refractivity contribution is -0.127. The molecule has 0 spiro atoms. The van der Waals surface area contributed by atoms with Gasteiger partial charge in [0.2, 0.25) is 5.91 Å². The fraction of sp³-hybridized carbons (Fsp3) is 0.160. The number of nitrogens with zero attached hydrogens (tertiary/aromatic N) is 4. The van der Waals surface area contributed by atoms with Gasteiger partial charge in [0, 0.05) is 19.0 Å². The van der Waals surface area contributed by atoms with Gasteiger partial charge >= 0.3 is 0 Å². The van der Waals surface area contributed by atoms with Crippen LogP contribution >= 0.6 is 11.8 Å². The molecule has 5 rings (SSSR count). The number of carbonyl (C=O) groups excluding carboxylic acids is 1. The van der Waals surface area contributed by atoms with Crippen molar-refractivity contribution in [1.82, 2.24) is 19.3 Å². The molecular formula is C25H22N4O2S. The molecule has 0 aliphatic heterocycles. The minimum atomic E-state index is 0.0327. The Hall–Kier alpha value is -3.58. The van der Waals surface area contributed by atoms with Gasteiger partial charge in [0.05, 0.1) is 29.4 Å². The number of thioether (sulfide) groups is 1. The van der Waals surface area contributed by atoms with Gasteiger partial charge in [-0.05, 0) is 42.0 Å². The number of benzene rings is 3. The summed E-state index contributed by atoms with van der Waals surface area (Å²) in [6.07, 6.45) is 0. The van der Waals surface area contributed by atoms with Crippen LogP contribution in [0.4, 0.5) is 0 Å². The SMILES string of the molecule is COc1cccc(CN(C)C(=O)CSc2nc3ccccc3c3nc4ccccc4n23)c1. The van der Waals surface area contributed by atoms with E-state index < -0.39 is 0 Å². The molecule has 0 saturated carbocycles. The third-order valence-electron chi connectivity index (χ3n) is 5.42. The molecule has 0 atom stereocenters. The van der Waals surface area contributed by atoms with Crippen molar-refractivity contribution in [1.29, 1.82) is 0 Å². The van der Waals surface area contributed by atoms with Gasteiger partial charge in [0.1, 0.15) is 11.4 Å². The zero-order valence-corrected chi connectivity index (χ0v) is 18.7. The lowest BCUT2D eigenvalue weighted by Gasteiger charge is -2.17. The fourth-order valence-electron chi connectivity index (χ4n) is 3.78. The molecule has 0 radical (unpaired) electrons. The Balaban J connectivity index is 1.43. The Morgan fingerprint density at radius 2 is 1.78 bits per heavy atom. The first-order chi connectivity index (χ1) is 15.6. The molecule has 3 aromatic carbocycles. The second kappa shape index (κ2) is 8.51. The maximum absolute atomic E-state index is 12.9. The lowest BCUT2D eigenvalue weighted by Crippen LogP contribution is -2.27. The molecule has 2 aromatic heterocycles. The Morgan fingerprint density at radius 3 is 2.62 bits per heavy atom. The van der Waals surface area contributed by atoms with E-state index in [-0.39, 0.29) is 11.7 Å². The number of aromatic nitrogens is 3. The van der Waals surface area contributed by atoms with Crippen LogP contribution in [-0.4, -0.2) is 45.1 Å². The molecule has 160 valence electrons. The predicted molar refractivity (Wildman–Crippen MR) is 128 cm³/mol. The van der Waals surface area contributed by atoms with Crippen LogP contribution in [0.25, 0.3) is 27.6 Å². The highest BCUT2D eigenvalue weighted by molar-refractivity contribution is 7.99. The minimum absolute atomic E-state index is 0.0327. The maximum Gasteiger partial charge on any atom is 0.233 e. The van der Waals surface area contributed by atoms with Gasteiger partial charge in [-0.25, -0.2) is 9.97 Å². The summed E-state index contributed by atoms with van der Waals surface area (Å²) in [5, 5.41) is 1.75. The van der Waals surface area contributed by atoms with Crippen LogP contribution in [0.5, 0.6) is 5.75 Å². The normalized spacial score (nSPS) is 11.3. The van der Waals surface area contributed by atoms with Crippen LogP contribution in [0.3, 0.4) is 0 Å². The van der Waals surface area contributed by atoms with E-state index in [4.69, 9.17) is 14.7 Å². The van der Waals surface area contributed by atoms with E-state index in [1.807, 2.05) is 79.8 Å². The summed E-state index contributed by atoms with van der Waals surface area (Å²) in [6, 6.07) is 23.7. The van der Waals surface area contributed by atoms with E-state index in [1.165, 1.54) is 11.8 Å². The Bertz CT molecular complexity index is 1450. The van der Waals surface area contributed by atoms with Crippen LogP contribution in [0, 0.1) is 0 Å². The summed E-state index contributed by atoms with van der Waals surface area (Å²) < 4.78 is 7.33. The molecule has 0 bridgehead atoms. The van der Waals surface area contributed by atoms with E-state index in [2.05, 4.69) is 4.40 Å². The summed E-state index contributed by atoms with van der Waals surface area (Å²) in [6.45, 7) is 0.519. The van der Waals surface area contributed by atoms with Gasteiger partial charge in [-0.15, -0.1) is 0 Å². The molecule has 32 heavy (non-hydrogen) atoms. The Labute approximate surface area is 189 Å². The molecule has 0 N–H and O–H groups in total. The van der Waals surface area contributed by atoms with E-state index in [1.54, 1.807) is 12.0 Å². The molecule has 2 heterocycles. The fourth-order valence-corrected chi connectivity index (χ4v) is 4.73. The van der Waals surface area contributed by atoms with Crippen LogP contribution < -0.4 is 4.74 Å². The maximum atomic E-state index is 12.9. The van der Waals surface area contributed by atoms with Crippen LogP contribution in [0.15, 0.2) is 78.0 Å². The van der Waals surface area contributed by atoms with Gasteiger partial charge in [-0.3, -0.25) is 9.20 Å². The third kappa shape index (κ3) is 3.76. The number of ether oxygens (including phenoxy) is 1. The number of hydrogen-bond acceptors (Lipinski definition) is 5. The Kier molecular flexibility index (Phi) is 5.41. The average molecular weight is 443 g/mol. The van der Waals surface area contributed by atoms with Crippen LogP contribution in [-0.2, 0) is 11.3 Å². The van der Waals surface area contributed by atoms with Crippen molar-refractivity contribution in [2.45, 2.75) is 11.7 Å². The summed E-state index contributed by atoms with van der Waals surface area (Å²) >= 11 is 1.43. The van der Waals surface area contributed by atoms with Crippen molar-refractivity contribution in [3.8, 4) is 5.75 Å². The molecule has 0 unspecified atom stereocenters. The minimum Gasteiger partial charge on any atom is -0.497 e. The molecule has 5 aromatic rings. The first-order valence-electron chi connectivity index (χ1n) is 10.3. The quantitative estimate of drug-likeness (QED) is 0.279. The number of fused-ring (bicyclic) bond motifs is 5. The molecule has 1 amide bonds. The molecule has 0 aliphatic carbocycles. The summed E-state index contributed by atoms with van der Waals surface area (Å²) in [4.78, 5) is 24.3. The second-order valence-electron chi connectivity index (χ2n) is 7.56. The molecular weight excluding hydrogens is 420 g/mol. The van der Waals surface area contributed by atoms with Gasteiger partial charge in [-0.1, -0.05) is 48.2 Å². The standard InChI is InChI=1S/C25H22N4O2S/c1-28(15-17-8-7-9-18(14-17)31-2)23(30)16-32-25-27-20-11-4-3-10-19(20)24-26-21-12-5-6-13-22(21)29(24)25/h3-14H,15-16H2,1-2H3. The molecule has 7 heteroatoms. The highest BCUT2D eigenvalue weighted by atomic mass is 32.2. The highest BCUT2D eigenvalue weighted by Gasteiger charge is 2.16. The topological polar surface area (TPSA) is 59.7 Å². The average Bonchev–Trinajstić information content (AvgIpc) is 3.22. The first kappa shape index (κ1) is 20.3. The van der Waals surface area contributed by atoms with Crippen molar-refractivity contribution in [2.75, 3.05) is 19.9 Å². The van der Waals surface area contributed by atoms with Gasteiger partial charge in [-0.2, -0.15) is 0 Å².